The van der Waals surface area contributed by atoms with Crippen molar-refractivity contribution in [1.29, 1.82) is 0 Å². The molecule has 6 nitrogen and oxygen atoms in total. The van der Waals surface area contributed by atoms with Crippen molar-refractivity contribution >= 4 is 11.9 Å². The van der Waals surface area contributed by atoms with Crippen LogP contribution in [0.3, 0.4) is 0 Å². The van der Waals surface area contributed by atoms with Gasteiger partial charge in [0, 0.05) is 6.42 Å². The van der Waals surface area contributed by atoms with Crippen LogP contribution in [-0.4, -0.2) is 34.7 Å². The van der Waals surface area contributed by atoms with Crippen molar-refractivity contribution in [3.05, 3.63) is 29.8 Å². The molecule has 0 spiro atoms. The summed E-state index contributed by atoms with van der Waals surface area (Å²) in [5.41, 5.74) is 5.98. The largest absolute Gasteiger partial charge is 0.508 e. The van der Waals surface area contributed by atoms with Crippen molar-refractivity contribution < 1.29 is 19.8 Å². The van der Waals surface area contributed by atoms with Gasteiger partial charge in [0.2, 0.25) is 5.91 Å². The summed E-state index contributed by atoms with van der Waals surface area (Å²) >= 11 is 0. The van der Waals surface area contributed by atoms with Crippen LogP contribution in [0.5, 0.6) is 5.75 Å². The van der Waals surface area contributed by atoms with Crippen LogP contribution in [0.15, 0.2) is 24.3 Å². The Morgan fingerprint density at radius 3 is 2.42 bits per heavy atom. The topological polar surface area (TPSA) is 113 Å². The Bertz CT molecular complexity index is 431. The number of benzene rings is 1. The zero-order chi connectivity index (χ0) is 14.3. The lowest BCUT2D eigenvalue weighted by molar-refractivity contribution is -0.139. The number of hydrogen-bond acceptors (Lipinski definition) is 4. The molecule has 19 heavy (non-hydrogen) atoms. The Kier molecular flexibility index (Phi) is 5.81. The Morgan fingerprint density at radius 1 is 1.26 bits per heavy atom. The first-order valence-electron chi connectivity index (χ1n) is 6.01. The predicted octanol–water partition coefficient (Wildman–Crippen LogP) is 0.243. The molecule has 0 aliphatic carbocycles. The van der Waals surface area contributed by atoms with E-state index in [0.29, 0.717) is 13.0 Å². The van der Waals surface area contributed by atoms with Crippen LogP contribution in [0.4, 0.5) is 0 Å². The van der Waals surface area contributed by atoms with Crippen LogP contribution in [0.2, 0.25) is 0 Å². The zero-order valence-corrected chi connectivity index (χ0v) is 10.5. The van der Waals surface area contributed by atoms with Crippen molar-refractivity contribution in [2.24, 2.45) is 5.73 Å². The number of primary amides is 1. The fourth-order valence-corrected chi connectivity index (χ4v) is 1.65. The zero-order valence-electron chi connectivity index (χ0n) is 10.5. The van der Waals surface area contributed by atoms with Gasteiger partial charge in [0.1, 0.15) is 11.8 Å². The quantitative estimate of drug-likeness (QED) is 0.538. The number of carbonyl (C=O) groups excluding carboxylic acids is 1. The Morgan fingerprint density at radius 2 is 1.89 bits per heavy atom. The predicted molar refractivity (Wildman–Crippen MR) is 69.7 cm³/mol. The molecule has 0 aliphatic heterocycles. The van der Waals surface area contributed by atoms with Gasteiger partial charge in [-0.25, -0.2) is 0 Å². The number of phenolic OH excluding ortho intramolecular Hbond substituents is 1. The average molecular weight is 266 g/mol. The number of aliphatic carboxylic acids is 1. The fourth-order valence-electron chi connectivity index (χ4n) is 1.65. The van der Waals surface area contributed by atoms with Crippen LogP contribution in [0, 0.1) is 0 Å². The molecule has 1 rings (SSSR count). The van der Waals surface area contributed by atoms with Gasteiger partial charge in [0.15, 0.2) is 0 Å². The van der Waals surface area contributed by atoms with Crippen molar-refractivity contribution in [1.82, 2.24) is 5.32 Å². The third-order valence-electron chi connectivity index (χ3n) is 2.72. The summed E-state index contributed by atoms with van der Waals surface area (Å²) in [7, 11) is 0. The second kappa shape index (κ2) is 7.38. The average Bonchev–Trinajstić information content (AvgIpc) is 2.35. The lowest BCUT2D eigenvalue weighted by Crippen LogP contribution is -2.38. The smallest absolute Gasteiger partial charge is 0.320 e. The van der Waals surface area contributed by atoms with E-state index < -0.39 is 17.9 Å². The summed E-state index contributed by atoms with van der Waals surface area (Å²) in [6.07, 6.45) is 0.865. The van der Waals surface area contributed by atoms with Gasteiger partial charge >= 0.3 is 5.97 Å². The first kappa shape index (κ1) is 15.0. The molecule has 0 fully saturated rings. The molecule has 0 aromatic heterocycles. The van der Waals surface area contributed by atoms with Gasteiger partial charge in [-0.05, 0) is 37.1 Å². The van der Waals surface area contributed by atoms with Gasteiger partial charge in [-0.15, -0.1) is 0 Å². The van der Waals surface area contributed by atoms with Crippen molar-refractivity contribution in [3.63, 3.8) is 0 Å². The van der Waals surface area contributed by atoms with Gasteiger partial charge in [0.25, 0.3) is 0 Å². The second-order valence-electron chi connectivity index (χ2n) is 4.27. The molecule has 0 saturated carbocycles. The lowest BCUT2D eigenvalue weighted by atomic mass is 10.1. The minimum Gasteiger partial charge on any atom is -0.508 e. The first-order valence-corrected chi connectivity index (χ1v) is 6.01. The van der Waals surface area contributed by atoms with E-state index in [0.717, 1.165) is 5.56 Å². The number of nitrogens with one attached hydrogen (secondary N) is 1. The van der Waals surface area contributed by atoms with Gasteiger partial charge < -0.3 is 21.3 Å². The van der Waals surface area contributed by atoms with Gasteiger partial charge in [-0.3, -0.25) is 9.59 Å². The van der Waals surface area contributed by atoms with E-state index in [9.17, 15) is 9.59 Å². The molecule has 0 radical (unpaired) electrons. The number of hydrogen-bond donors (Lipinski definition) is 4. The number of amides is 1. The highest BCUT2D eigenvalue weighted by Gasteiger charge is 2.16. The van der Waals surface area contributed by atoms with Gasteiger partial charge in [-0.2, -0.15) is 0 Å². The van der Waals surface area contributed by atoms with Crippen LogP contribution >= 0.6 is 0 Å². The number of phenols is 1. The second-order valence-corrected chi connectivity index (χ2v) is 4.27. The van der Waals surface area contributed by atoms with Crippen molar-refractivity contribution in [2.75, 3.05) is 6.54 Å². The monoisotopic (exact) mass is 266 g/mol. The van der Waals surface area contributed by atoms with E-state index in [1.807, 2.05) is 0 Å². The Balaban J connectivity index is 2.37. The number of aromatic hydroxyl groups is 1. The Hall–Kier alpha value is -2.08. The minimum atomic E-state index is -0.994. The molecule has 1 atom stereocenters. The van der Waals surface area contributed by atoms with E-state index in [-0.39, 0.29) is 18.6 Å². The normalized spacial score (nSPS) is 12.0. The maximum atomic E-state index is 11.0. The molecule has 6 heteroatoms. The first-order chi connectivity index (χ1) is 8.99. The molecular weight excluding hydrogens is 248 g/mol. The third kappa shape index (κ3) is 5.87. The summed E-state index contributed by atoms with van der Waals surface area (Å²) in [4.78, 5) is 21.6. The summed E-state index contributed by atoms with van der Waals surface area (Å²) in [5.74, 6) is -1.31. The SMILES string of the molecule is NC(=O)CC[C@H](NCCc1ccc(O)cc1)C(=O)O. The number of carboxylic acid groups (broad SMARTS) is 1. The van der Waals surface area contributed by atoms with E-state index in [1.165, 1.54) is 0 Å². The fraction of sp³-hybridized carbons (Fsp3) is 0.385. The summed E-state index contributed by atoms with van der Waals surface area (Å²) in [6, 6.07) is 5.94. The van der Waals surface area contributed by atoms with E-state index >= 15 is 0 Å². The molecule has 0 saturated heterocycles. The van der Waals surface area contributed by atoms with Gasteiger partial charge in [0.05, 0.1) is 0 Å². The molecular formula is C13H18N2O4. The molecule has 0 unspecified atom stereocenters. The molecule has 0 bridgehead atoms. The van der Waals surface area contributed by atoms with Gasteiger partial charge in [-0.1, -0.05) is 12.1 Å². The minimum absolute atomic E-state index is 0.0448. The summed E-state index contributed by atoms with van der Waals surface area (Å²) < 4.78 is 0. The van der Waals surface area contributed by atoms with E-state index in [4.69, 9.17) is 15.9 Å². The number of carbonyl (C=O) groups is 2. The molecule has 0 heterocycles. The number of nitrogens with two attached hydrogens (primary N) is 1. The molecule has 0 aliphatic rings. The van der Waals surface area contributed by atoms with Crippen LogP contribution in [0.1, 0.15) is 18.4 Å². The molecule has 1 aromatic carbocycles. The lowest BCUT2D eigenvalue weighted by Gasteiger charge is -2.13. The highest BCUT2D eigenvalue weighted by Crippen LogP contribution is 2.09. The maximum Gasteiger partial charge on any atom is 0.320 e. The third-order valence-corrected chi connectivity index (χ3v) is 2.72. The van der Waals surface area contributed by atoms with Crippen LogP contribution in [0.25, 0.3) is 0 Å². The highest BCUT2D eigenvalue weighted by atomic mass is 16.4. The highest BCUT2D eigenvalue weighted by molar-refractivity contribution is 5.77. The molecule has 104 valence electrons. The van der Waals surface area contributed by atoms with Crippen molar-refractivity contribution in [2.45, 2.75) is 25.3 Å². The van der Waals surface area contributed by atoms with Crippen molar-refractivity contribution in [3.8, 4) is 5.75 Å². The number of rotatable bonds is 8. The van der Waals surface area contributed by atoms with E-state index in [1.54, 1.807) is 24.3 Å². The number of carboxylic acids is 1. The van der Waals surface area contributed by atoms with Crippen LogP contribution in [-0.2, 0) is 16.0 Å². The maximum absolute atomic E-state index is 11.0. The standard InChI is InChI=1S/C13H18N2O4/c14-12(17)6-5-11(13(18)19)15-8-7-9-1-3-10(16)4-2-9/h1-4,11,15-16H,5-8H2,(H2,14,17)(H,18,19)/t11-/m0/s1. The molecule has 5 N–H and O–H groups in total. The molecule has 1 aromatic rings. The van der Waals surface area contributed by atoms with Crippen LogP contribution < -0.4 is 11.1 Å². The Labute approximate surface area is 111 Å². The molecule has 1 amide bonds. The van der Waals surface area contributed by atoms with E-state index in [2.05, 4.69) is 5.32 Å². The summed E-state index contributed by atoms with van der Waals surface area (Å²) in [5, 5.41) is 21.0. The summed E-state index contributed by atoms with van der Waals surface area (Å²) in [6.45, 7) is 0.473.